The van der Waals surface area contributed by atoms with E-state index in [-0.39, 0.29) is 32.0 Å². The summed E-state index contributed by atoms with van der Waals surface area (Å²) in [5, 5.41) is 0. The Morgan fingerprint density at radius 2 is 1.02 bits per heavy atom. The molecule has 0 aromatic rings. The molecule has 9 nitrogen and oxygen atoms in total. The number of nitrogens with zero attached hydrogens (tertiary/aromatic N) is 1. The van der Waals surface area contributed by atoms with Crippen LogP contribution in [0.3, 0.4) is 0 Å². The fraction of sp³-hybridized carbons (Fsp3) is 0.739. The van der Waals surface area contributed by atoms with E-state index in [4.69, 9.17) is 18.5 Å². The van der Waals surface area contributed by atoms with E-state index in [9.17, 15) is 19.0 Å². The molecule has 0 amide bonds. The fourth-order valence-electron chi connectivity index (χ4n) is 5.63. The largest absolute Gasteiger partial charge is 0.472 e. The summed E-state index contributed by atoms with van der Waals surface area (Å²) in [6.07, 6.45) is 45.8. The molecule has 0 radical (unpaired) electrons. The minimum Gasteiger partial charge on any atom is -0.462 e. The second kappa shape index (κ2) is 38.2. The van der Waals surface area contributed by atoms with Crippen molar-refractivity contribution in [2.45, 2.75) is 174 Å². The van der Waals surface area contributed by atoms with E-state index < -0.39 is 26.5 Å². The first-order valence-corrected chi connectivity index (χ1v) is 23.5. The summed E-state index contributed by atoms with van der Waals surface area (Å²) in [7, 11) is 1.46. The van der Waals surface area contributed by atoms with Crippen molar-refractivity contribution in [1.29, 1.82) is 0 Å². The van der Waals surface area contributed by atoms with Gasteiger partial charge in [-0.2, -0.15) is 0 Å². The van der Waals surface area contributed by atoms with Gasteiger partial charge in [0.05, 0.1) is 27.7 Å². The predicted octanol–water partition coefficient (Wildman–Crippen LogP) is 12.5. The SMILES string of the molecule is CC/C=C\C/C=C\C/C=C\C/C=C\C/C=C\CCCCCCCCCCCC(=O)OC(COC(=O)CCCCCCCCC)COP(=O)(O)OCC[N+](C)(C)C. The molecule has 0 aliphatic heterocycles. The fourth-order valence-corrected chi connectivity index (χ4v) is 6.37. The van der Waals surface area contributed by atoms with Gasteiger partial charge >= 0.3 is 19.8 Å². The number of phosphoric acid groups is 1. The molecule has 0 spiro atoms. The summed E-state index contributed by atoms with van der Waals surface area (Å²) in [6.45, 7) is 4.24. The summed E-state index contributed by atoms with van der Waals surface area (Å²) in [5.74, 6) is -0.815. The minimum absolute atomic E-state index is 0.0287. The van der Waals surface area contributed by atoms with E-state index >= 15 is 0 Å². The van der Waals surface area contributed by atoms with Crippen molar-refractivity contribution < 1.29 is 42.1 Å². The first-order chi connectivity index (χ1) is 27.0. The van der Waals surface area contributed by atoms with Crippen LogP contribution in [0.15, 0.2) is 60.8 Å². The number of hydrogen-bond acceptors (Lipinski definition) is 7. The van der Waals surface area contributed by atoms with Gasteiger partial charge in [0.15, 0.2) is 6.10 Å². The predicted molar refractivity (Wildman–Crippen MR) is 233 cm³/mol. The third kappa shape index (κ3) is 41.3. The second-order valence-electron chi connectivity index (χ2n) is 15.7. The van der Waals surface area contributed by atoms with Crippen molar-refractivity contribution in [3.63, 3.8) is 0 Å². The summed E-state index contributed by atoms with van der Waals surface area (Å²) in [5.41, 5.74) is 0. The van der Waals surface area contributed by atoms with Gasteiger partial charge in [0, 0.05) is 12.8 Å². The van der Waals surface area contributed by atoms with Crippen LogP contribution in [0.2, 0.25) is 0 Å². The van der Waals surface area contributed by atoms with Crippen molar-refractivity contribution in [1.82, 2.24) is 0 Å². The minimum atomic E-state index is -4.37. The molecule has 0 aliphatic rings. The Morgan fingerprint density at radius 3 is 1.52 bits per heavy atom. The number of unbranched alkanes of at least 4 members (excludes halogenated alkanes) is 15. The lowest BCUT2D eigenvalue weighted by molar-refractivity contribution is -0.870. The zero-order valence-corrected chi connectivity index (χ0v) is 37.2. The van der Waals surface area contributed by atoms with E-state index in [2.05, 4.69) is 74.6 Å². The van der Waals surface area contributed by atoms with Crippen molar-refractivity contribution in [3.05, 3.63) is 60.8 Å². The molecule has 0 aliphatic carbocycles. The molecule has 1 N–H and O–H groups in total. The standard InChI is InChI=1S/C46H82NO8P/c1-6-8-10-12-14-15-16-17-18-19-20-21-22-23-24-25-26-27-28-29-30-31-33-35-37-39-46(49)55-44(43-54-56(50,51)53-41-40-47(3,4)5)42-52-45(48)38-36-34-32-13-11-9-7-2/h8,10,14-15,17-18,20-21,23-24,44H,6-7,9,11-13,16,19,22,25-43H2,1-5H3/p+1/b10-8-,15-14-,18-17-,21-20-,24-23-. The van der Waals surface area contributed by atoms with Crippen LogP contribution in [0.1, 0.15) is 168 Å². The molecular formula is C46H83NO8P+. The second-order valence-corrected chi connectivity index (χ2v) is 17.2. The van der Waals surface area contributed by atoms with Crippen LogP contribution >= 0.6 is 7.82 Å². The Morgan fingerprint density at radius 1 is 0.571 bits per heavy atom. The van der Waals surface area contributed by atoms with Crippen molar-refractivity contribution in [3.8, 4) is 0 Å². The average molecular weight is 809 g/mol. The van der Waals surface area contributed by atoms with E-state index in [1.165, 1.54) is 57.8 Å². The Hall–Kier alpha value is -2.29. The molecule has 0 bridgehead atoms. The van der Waals surface area contributed by atoms with Crippen LogP contribution in [0.4, 0.5) is 0 Å². The highest BCUT2D eigenvalue weighted by molar-refractivity contribution is 7.47. The van der Waals surface area contributed by atoms with Gasteiger partial charge in [-0.05, 0) is 57.8 Å². The van der Waals surface area contributed by atoms with E-state index in [0.717, 1.165) is 77.0 Å². The number of carbonyl (C=O) groups is 2. The third-order valence-electron chi connectivity index (χ3n) is 9.06. The lowest BCUT2D eigenvalue weighted by Gasteiger charge is -2.24. The molecule has 0 aromatic carbocycles. The molecule has 56 heavy (non-hydrogen) atoms. The maximum atomic E-state index is 12.7. The summed E-state index contributed by atoms with van der Waals surface area (Å²) < 4.78 is 34.2. The van der Waals surface area contributed by atoms with Crippen LogP contribution in [0, 0.1) is 0 Å². The number of carbonyl (C=O) groups excluding carboxylic acids is 2. The number of ether oxygens (including phenoxy) is 2. The highest BCUT2D eigenvalue weighted by Gasteiger charge is 2.27. The van der Waals surface area contributed by atoms with E-state index in [1.54, 1.807) is 0 Å². The quantitative estimate of drug-likeness (QED) is 0.0215. The number of allylic oxidation sites excluding steroid dienone is 10. The van der Waals surface area contributed by atoms with Crippen molar-refractivity contribution in [2.24, 2.45) is 0 Å². The lowest BCUT2D eigenvalue weighted by Crippen LogP contribution is -2.37. The van der Waals surface area contributed by atoms with Gasteiger partial charge in [-0.3, -0.25) is 18.6 Å². The summed E-state index contributed by atoms with van der Waals surface area (Å²) in [6, 6.07) is 0. The number of likely N-dealkylation sites (N-methyl/N-ethyl adjacent to an activating group) is 1. The van der Waals surface area contributed by atoms with Crippen LogP contribution in [-0.2, 0) is 32.7 Å². The summed E-state index contributed by atoms with van der Waals surface area (Å²) in [4.78, 5) is 35.2. The first-order valence-electron chi connectivity index (χ1n) is 22.0. The highest BCUT2D eigenvalue weighted by atomic mass is 31.2. The molecule has 0 aromatic heterocycles. The van der Waals surface area contributed by atoms with E-state index in [1.807, 2.05) is 21.1 Å². The Balaban J connectivity index is 4.19. The third-order valence-corrected chi connectivity index (χ3v) is 10.0. The maximum absolute atomic E-state index is 12.7. The van der Waals surface area contributed by atoms with Gasteiger partial charge in [-0.25, -0.2) is 4.57 Å². The molecule has 0 fully saturated rings. The molecule has 0 saturated carbocycles. The zero-order valence-electron chi connectivity index (χ0n) is 36.3. The molecule has 324 valence electrons. The number of quaternary nitrogens is 1. The number of hydrogen-bond donors (Lipinski definition) is 1. The Kier molecular flexibility index (Phi) is 36.7. The normalized spacial score (nSPS) is 14.2. The van der Waals surface area contributed by atoms with Crippen LogP contribution in [-0.4, -0.2) is 74.9 Å². The molecule has 10 heteroatoms. The highest BCUT2D eigenvalue weighted by Crippen LogP contribution is 2.43. The van der Waals surface area contributed by atoms with Gasteiger partial charge in [0.25, 0.3) is 0 Å². The van der Waals surface area contributed by atoms with Gasteiger partial charge in [0.2, 0.25) is 0 Å². The molecule has 0 rings (SSSR count). The van der Waals surface area contributed by atoms with E-state index in [0.29, 0.717) is 17.4 Å². The van der Waals surface area contributed by atoms with Gasteiger partial charge in [-0.15, -0.1) is 0 Å². The number of esters is 2. The van der Waals surface area contributed by atoms with Crippen molar-refractivity contribution in [2.75, 3.05) is 47.5 Å². The van der Waals surface area contributed by atoms with Gasteiger partial charge in [-0.1, -0.05) is 158 Å². The van der Waals surface area contributed by atoms with Gasteiger partial charge in [0.1, 0.15) is 19.8 Å². The van der Waals surface area contributed by atoms with Crippen LogP contribution in [0.5, 0.6) is 0 Å². The Bertz CT molecular complexity index is 1140. The first kappa shape index (κ1) is 53.7. The maximum Gasteiger partial charge on any atom is 0.472 e. The molecule has 0 heterocycles. The lowest BCUT2D eigenvalue weighted by atomic mass is 10.1. The number of phosphoric ester groups is 1. The van der Waals surface area contributed by atoms with Gasteiger partial charge < -0.3 is 18.9 Å². The topological polar surface area (TPSA) is 108 Å². The zero-order chi connectivity index (χ0) is 41.4. The molecule has 2 atom stereocenters. The molecule has 0 saturated heterocycles. The number of rotatable bonds is 39. The Labute approximate surface area is 343 Å². The monoisotopic (exact) mass is 809 g/mol. The summed E-state index contributed by atoms with van der Waals surface area (Å²) >= 11 is 0. The van der Waals surface area contributed by atoms with Crippen molar-refractivity contribution >= 4 is 19.8 Å². The molecular weight excluding hydrogens is 725 g/mol. The van der Waals surface area contributed by atoms with Crippen LogP contribution < -0.4 is 0 Å². The average Bonchev–Trinajstić information content (AvgIpc) is 3.15. The van der Waals surface area contributed by atoms with Crippen LogP contribution in [0.25, 0.3) is 0 Å². The smallest absolute Gasteiger partial charge is 0.462 e. The molecule has 2 unspecified atom stereocenters.